The van der Waals surface area contributed by atoms with Crippen molar-refractivity contribution in [3.05, 3.63) is 22.2 Å². The number of nitrogens with two attached hydrogens (primary N) is 1. The summed E-state index contributed by atoms with van der Waals surface area (Å²) < 4.78 is 0. The van der Waals surface area contributed by atoms with Crippen molar-refractivity contribution in [2.45, 2.75) is 6.82 Å². The molecular formula is C7H8BCl2NO. The van der Waals surface area contributed by atoms with Crippen molar-refractivity contribution in [2.75, 3.05) is 5.73 Å². The van der Waals surface area contributed by atoms with Crippen LogP contribution in [0.25, 0.3) is 0 Å². The standard InChI is InChI=1S/C7H8BCl2NO/c1-8(12)4-2-7(11)6(10)3-5(4)9/h2-3,12H,11H2,1H3. The highest BCUT2D eigenvalue weighted by Crippen LogP contribution is 2.21. The molecule has 0 fully saturated rings. The Balaban J connectivity index is 3.23. The van der Waals surface area contributed by atoms with E-state index in [9.17, 15) is 5.02 Å². The number of anilines is 1. The van der Waals surface area contributed by atoms with Gasteiger partial charge in [0.05, 0.1) is 5.02 Å². The molecule has 0 spiro atoms. The van der Waals surface area contributed by atoms with Crippen molar-refractivity contribution < 1.29 is 5.02 Å². The average Bonchev–Trinajstić information content (AvgIpc) is 1.96. The fourth-order valence-corrected chi connectivity index (χ4v) is 1.44. The molecule has 0 radical (unpaired) electrons. The molecule has 1 rings (SSSR count). The first-order chi connectivity index (χ1) is 5.52. The lowest BCUT2D eigenvalue weighted by Gasteiger charge is -2.06. The molecule has 1 aromatic carbocycles. The number of hydrogen-bond donors (Lipinski definition) is 2. The maximum atomic E-state index is 9.24. The maximum absolute atomic E-state index is 9.24. The van der Waals surface area contributed by atoms with Crippen LogP contribution in [0, 0.1) is 0 Å². The van der Waals surface area contributed by atoms with Crippen molar-refractivity contribution in [3.63, 3.8) is 0 Å². The van der Waals surface area contributed by atoms with Crippen LogP contribution in [0.15, 0.2) is 12.1 Å². The summed E-state index contributed by atoms with van der Waals surface area (Å²) in [6, 6.07) is 3.11. The van der Waals surface area contributed by atoms with Crippen molar-refractivity contribution >= 4 is 41.3 Å². The van der Waals surface area contributed by atoms with Gasteiger partial charge in [0.1, 0.15) is 0 Å². The SMILES string of the molecule is CB(O)c1cc(N)c(Cl)cc1Cl. The number of hydrogen-bond acceptors (Lipinski definition) is 2. The van der Waals surface area contributed by atoms with E-state index in [1.165, 1.54) is 6.07 Å². The predicted octanol–water partition coefficient (Wildman–Crippen LogP) is 1.40. The summed E-state index contributed by atoms with van der Waals surface area (Å²) in [5, 5.41) is 10.1. The van der Waals surface area contributed by atoms with E-state index < -0.39 is 6.92 Å². The molecule has 5 heteroatoms. The molecule has 0 aliphatic rings. The van der Waals surface area contributed by atoms with Crippen LogP contribution in [0.5, 0.6) is 0 Å². The molecule has 0 unspecified atom stereocenters. The van der Waals surface area contributed by atoms with E-state index >= 15 is 0 Å². The van der Waals surface area contributed by atoms with E-state index in [2.05, 4.69) is 0 Å². The van der Waals surface area contributed by atoms with E-state index in [0.29, 0.717) is 21.2 Å². The van der Waals surface area contributed by atoms with Gasteiger partial charge in [-0.15, -0.1) is 0 Å². The van der Waals surface area contributed by atoms with Crippen LogP contribution in [0.2, 0.25) is 16.9 Å². The molecule has 64 valence electrons. The molecular weight excluding hydrogens is 196 g/mol. The quantitative estimate of drug-likeness (QED) is 0.536. The number of halogens is 2. The smallest absolute Gasteiger partial charge is 0.321 e. The Morgan fingerprint density at radius 2 is 1.92 bits per heavy atom. The van der Waals surface area contributed by atoms with Crippen molar-refractivity contribution in [1.82, 2.24) is 0 Å². The van der Waals surface area contributed by atoms with Crippen molar-refractivity contribution in [1.29, 1.82) is 0 Å². The van der Waals surface area contributed by atoms with Crippen LogP contribution in [-0.2, 0) is 0 Å². The Bertz CT molecular complexity index is 304. The van der Waals surface area contributed by atoms with Crippen LogP contribution in [-0.4, -0.2) is 11.9 Å². The van der Waals surface area contributed by atoms with E-state index in [1.807, 2.05) is 0 Å². The molecule has 0 atom stereocenters. The molecule has 3 N–H and O–H groups in total. The first-order valence-electron chi connectivity index (χ1n) is 3.45. The van der Waals surface area contributed by atoms with Gasteiger partial charge in [0.2, 0.25) is 0 Å². The third-order valence-electron chi connectivity index (χ3n) is 1.57. The van der Waals surface area contributed by atoms with Gasteiger partial charge >= 0.3 is 6.92 Å². The topological polar surface area (TPSA) is 46.2 Å². The highest BCUT2D eigenvalue weighted by Gasteiger charge is 2.12. The summed E-state index contributed by atoms with van der Waals surface area (Å²) in [4.78, 5) is 0. The van der Waals surface area contributed by atoms with Crippen molar-refractivity contribution in [2.24, 2.45) is 0 Å². The second kappa shape index (κ2) is 3.56. The van der Waals surface area contributed by atoms with Gasteiger partial charge in [-0.25, -0.2) is 0 Å². The second-order valence-corrected chi connectivity index (χ2v) is 3.39. The van der Waals surface area contributed by atoms with Crippen LogP contribution < -0.4 is 11.2 Å². The predicted molar refractivity (Wildman–Crippen MR) is 54.3 cm³/mol. The monoisotopic (exact) mass is 203 g/mol. The summed E-state index contributed by atoms with van der Waals surface area (Å²) in [6.45, 7) is 0.992. The first-order valence-corrected chi connectivity index (χ1v) is 4.20. The van der Waals surface area contributed by atoms with Crippen LogP contribution in [0.1, 0.15) is 0 Å². The van der Waals surface area contributed by atoms with Crippen LogP contribution in [0.3, 0.4) is 0 Å². The zero-order valence-corrected chi connectivity index (χ0v) is 8.02. The van der Waals surface area contributed by atoms with E-state index in [0.717, 1.165) is 0 Å². The zero-order valence-electron chi connectivity index (χ0n) is 6.51. The summed E-state index contributed by atoms with van der Waals surface area (Å²) in [7, 11) is 0. The van der Waals surface area contributed by atoms with Gasteiger partial charge in [-0.3, -0.25) is 0 Å². The van der Waals surface area contributed by atoms with E-state index in [1.54, 1.807) is 12.9 Å². The van der Waals surface area contributed by atoms with Crippen molar-refractivity contribution in [3.8, 4) is 0 Å². The summed E-state index contributed by atoms with van der Waals surface area (Å²) in [5.74, 6) is 0. The third-order valence-corrected chi connectivity index (χ3v) is 2.22. The Morgan fingerprint density at radius 1 is 1.33 bits per heavy atom. The van der Waals surface area contributed by atoms with E-state index in [4.69, 9.17) is 28.9 Å². The summed E-state index contributed by atoms with van der Waals surface area (Å²) in [5.41, 5.74) is 6.55. The van der Waals surface area contributed by atoms with Gasteiger partial charge in [-0.05, 0) is 17.6 Å². The van der Waals surface area contributed by atoms with Crippen LogP contribution in [0.4, 0.5) is 5.69 Å². The highest BCUT2D eigenvalue weighted by molar-refractivity contribution is 6.68. The minimum Gasteiger partial charge on any atom is -0.446 e. The lowest BCUT2D eigenvalue weighted by Crippen LogP contribution is -2.27. The van der Waals surface area contributed by atoms with Gasteiger partial charge in [0.25, 0.3) is 0 Å². The molecule has 0 saturated carbocycles. The van der Waals surface area contributed by atoms with E-state index in [-0.39, 0.29) is 0 Å². The Hall–Kier alpha value is -0.375. The number of benzene rings is 1. The zero-order chi connectivity index (χ0) is 9.30. The normalized spacial score (nSPS) is 10.0. The minimum atomic E-state index is -0.628. The lowest BCUT2D eigenvalue weighted by molar-refractivity contribution is 0.594. The molecule has 0 amide bonds. The molecule has 0 saturated heterocycles. The fraction of sp³-hybridized carbons (Fsp3) is 0.143. The Morgan fingerprint density at radius 3 is 2.42 bits per heavy atom. The maximum Gasteiger partial charge on any atom is 0.321 e. The lowest BCUT2D eigenvalue weighted by atomic mass is 9.64. The first kappa shape index (κ1) is 9.71. The Kier molecular flexibility index (Phi) is 2.88. The molecule has 12 heavy (non-hydrogen) atoms. The third kappa shape index (κ3) is 1.86. The molecule has 0 aliphatic carbocycles. The van der Waals surface area contributed by atoms with Gasteiger partial charge in [-0.1, -0.05) is 30.0 Å². The second-order valence-electron chi connectivity index (χ2n) is 2.57. The Labute approximate surface area is 81.4 Å². The molecule has 2 nitrogen and oxygen atoms in total. The molecule has 0 aromatic heterocycles. The molecule has 0 heterocycles. The molecule has 1 aromatic rings. The molecule has 0 bridgehead atoms. The highest BCUT2D eigenvalue weighted by atomic mass is 35.5. The summed E-state index contributed by atoms with van der Waals surface area (Å²) in [6.07, 6.45) is 0. The van der Waals surface area contributed by atoms with Gasteiger partial charge < -0.3 is 10.8 Å². The number of nitrogen functional groups attached to an aromatic ring is 1. The van der Waals surface area contributed by atoms with Crippen LogP contribution >= 0.6 is 23.2 Å². The fourth-order valence-electron chi connectivity index (χ4n) is 0.903. The van der Waals surface area contributed by atoms with Gasteiger partial charge in [-0.2, -0.15) is 0 Å². The van der Waals surface area contributed by atoms with Gasteiger partial charge in [0.15, 0.2) is 0 Å². The molecule has 0 aliphatic heterocycles. The minimum absolute atomic E-state index is 0.407. The number of rotatable bonds is 1. The average molecular weight is 204 g/mol. The summed E-state index contributed by atoms with van der Waals surface area (Å²) >= 11 is 11.5. The largest absolute Gasteiger partial charge is 0.446 e. The van der Waals surface area contributed by atoms with Gasteiger partial charge in [0, 0.05) is 10.7 Å².